The van der Waals surface area contributed by atoms with Gasteiger partial charge in [0.15, 0.2) is 0 Å². The molecule has 0 aliphatic carbocycles. The minimum Gasteiger partial charge on any atom is -0.377 e. The summed E-state index contributed by atoms with van der Waals surface area (Å²) in [6, 6.07) is 6.53. The average Bonchev–Trinajstić information content (AvgIpc) is 2.36. The number of rotatable bonds is 8. The molecular formula is C17H26O. The molecule has 0 amide bonds. The van der Waals surface area contributed by atoms with Crippen molar-refractivity contribution in [2.75, 3.05) is 13.2 Å². The minimum atomic E-state index is 0.722. The third kappa shape index (κ3) is 6.02. The molecule has 0 aromatic heterocycles. The van der Waals surface area contributed by atoms with E-state index in [1.54, 1.807) is 0 Å². The molecule has 0 heterocycles. The third-order valence-electron chi connectivity index (χ3n) is 3.09. The van der Waals surface area contributed by atoms with Crippen LogP contribution in [0.25, 0.3) is 6.08 Å². The Kier molecular flexibility index (Phi) is 7.43. The second-order valence-electron chi connectivity index (χ2n) is 4.90. The summed E-state index contributed by atoms with van der Waals surface area (Å²) in [6.07, 6.45) is 9.35. The zero-order chi connectivity index (χ0) is 13.2. The van der Waals surface area contributed by atoms with Crippen LogP contribution in [0.4, 0.5) is 0 Å². The molecule has 0 radical (unpaired) electrons. The molecule has 100 valence electrons. The highest BCUT2D eigenvalue weighted by Gasteiger charge is 1.93. The largest absolute Gasteiger partial charge is 0.377 e. The summed E-state index contributed by atoms with van der Waals surface area (Å²) in [6.45, 7) is 8.11. The zero-order valence-corrected chi connectivity index (χ0v) is 12.0. The van der Waals surface area contributed by atoms with Gasteiger partial charge in [0.2, 0.25) is 0 Å². The van der Waals surface area contributed by atoms with Crippen molar-refractivity contribution >= 4 is 6.08 Å². The SMILES string of the molecule is CCCCCCOCC=Cc1cc(C)ccc1C. The van der Waals surface area contributed by atoms with Gasteiger partial charge < -0.3 is 4.74 Å². The quantitative estimate of drug-likeness (QED) is 0.592. The lowest BCUT2D eigenvalue weighted by molar-refractivity contribution is 0.157. The van der Waals surface area contributed by atoms with Crippen LogP contribution in [-0.4, -0.2) is 13.2 Å². The van der Waals surface area contributed by atoms with Crippen LogP contribution >= 0.6 is 0 Å². The summed E-state index contributed by atoms with van der Waals surface area (Å²) in [5.74, 6) is 0. The fourth-order valence-electron chi connectivity index (χ4n) is 1.90. The molecule has 1 aromatic carbocycles. The Balaban J connectivity index is 2.22. The number of unbranched alkanes of at least 4 members (excludes halogenated alkanes) is 3. The van der Waals surface area contributed by atoms with Crippen LogP contribution in [0.1, 0.15) is 49.3 Å². The van der Waals surface area contributed by atoms with Crippen LogP contribution in [-0.2, 0) is 4.74 Å². The topological polar surface area (TPSA) is 9.23 Å². The molecule has 0 saturated carbocycles. The maximum absolute atomic E-state index is 5.59. The standard InChI is InChI=1S/C17H26O/c1-4-5-6-7-12-18-13-8-9-17-14-15(2)10-11-16(17)3/h8-11,14H,4-7,12-13H2,1-3H3. The van der Waals surface area contributed by atoms with Crippen molar-refractivity contribution in [2.24, 2.45) is 0 Å². The number of aryl methyl sites for hydroxylation is 2. The number of hydrogen-bond donors (Lipinski definition) is 0. The van der Waals surface area contributed by atoms with Gasteiger partial charge in [0.05, 0.1) is 6.61 Å². The van der Waals surface area contributed by atoms with E-state index >= 15 is 0 Å². The van der Waals surface area contributed by atoms with Crippen molar-refractivity contribution in [3.05, 3.63) is 41.0 Å². The van der Waals surface area contributed by atoms with E-state index < -0.39 is 0 Å². The summed E-state index contributed by atoms with van der Waals surface area (Å²) < 4.78 is 5.59. The predicted molar refractivity (Wildman–Crippen MR) is 79.9 cm³/mol. The lowest BCUT2D eigenvalue weighted by atomic mass is 10.1. The van der Waals surface area contributed by atoms with Gasteiger partial charge in [-0.2, -0.15) is 0 Å². The minimum absolute atomic E-state index is 0.722. The summed E-state index contributed by atoms with van der Waals surface area (Å²) in [4.78, 5) is 0. The van der Waals surface area contributed by atoms with E-state index in [0.29, 0.717) is 0 Å². The van der Waals surface area contributed by atoms with Crippen LogP contribution in [0.15, 0.2) is 24.3 Å². The molecule has 0 fully saturated rings. The third-order valence-corrected chi connectivity index (χ3v) is 3.09. The molecule has 1 aromatic rings. The van der Waals surface area contributed by atoms with Gasteiger partial charge in [-0.05, 0) is 31.4 Å². The Labute approximate surface area is 112 Å². The lowest BCUT2D eigenvalue weighted by Gasteiger charge is -2.03. The van der Waals surface area contributed by atoms with E-state index in [0.717, 1.165) is 13.2 Å². The normalized spacial score (nSPS) is 11.3. The second-order valence-corrected chi connectivity index (χ2v) is 4.90. The van der Waals surface area contributed by atoms with Crippen molar-refractivity contribution in [3.63, 3.8) is 0 Å². The first-order valence-electron chi connectivity index (χ1n) is 7.05. The molecule has 0 saturated heterocycles. The lowest BCUT2D eigenvalue weighted by Crippen LogP contribution is -1.94. The zero-order valence-electron chi connectivity index (χ0n) is 12.0. The van der Waals surface area contributed by atoms with E-state index in [1.807, 2.05) is 0 Å². The average molecular weight is 246 g/mol. The van der Waals surface area contributed by atoms with Crippen molar-refractivity contribution < 1.29 is 4.74 Å². The summed E-state index contributed by atoms with van der Waals surface area (Å²) in [7, 11) is 0. The van der Waals surface area contributed by atoms with Gasteiger partial charge in [-0.25, -0.2) is 0 Å². The molecule has 1 rings (SSSR count). The molecule has 0 atom stereocenters. The Morgan fingerprint density at radius 3 is 2.72 bits per heavy atom. The predicted octanol–water partition coefficient (Wildman–Crippen LogP) is 4.91. The van der Waals surface area contributed by atoms with E-state index in [4.69, 9.17) is 4.74 Å². The van der Waals surface area contributed by atoms with E-state index in [2.05, 4.69) is 51.1 Å². The van der Waals surface area contributed by atoms with Gasteiger partial charge in [-0.3, -0.25) is 0 Å². The molecule has 0 spiro atoms. The van der Waals surface area contributed by atoms with E-state index in [9.17, 15) is 0 Å². The highest BCUT2D eigenvalue weighted by molar-refractivity contribution is 5.54. The maximum Gasteiger partial charge on any atom is 0.0650 e. The highest BCUT2D eigenvalue weighted by Crippen LogP contribution is 2.12. The van der Waals surface area contributed by atoms with Gasteiger partial charge in [0, 0.05) is 6.61 Å². The van der Waals surface area contributed by atoms with Crippen LogP contribution in [0.2, 0.25) is 0 Å². The smallest absolute Gasteiger partial charge is 0.0650 e. The van der Waals surface area contributed by atoms with Crippen molar-refractivity contribution in [1.82, 2.24) is 0 Å². The molecule has 0 aliphatic heterocycles. The molecule has 1 heteroatoms. The number of ether oxygens (including phenoxy) is 1. The van der Waals surface area contributed by atoms with Crippen LogP contribution in [0, 0.1) is 13.8 Å². The van der Waals surface area contributed by atoms with Gasteiger partial charge in [0.25, 0.3) is 0 Å². The van der Waals surface area contributed by atoms with Gasteiger partial charge in [0.1, 0.15) is 0 Å². The summed E-state index contributed by atoms with van der Waals surface area (Å²) >= 11 is 0. The van der Waals surface area contributed by atoms with Gasteiger partial charge >= 0.3 is 0 Å². The van der Waals surface area contributed by atoms with Crippen LogP contribution in [0.5, 0.6) is 0 Å². The van der Waals surface area contributed by atoms with Crippen LogP contribution in [0.3, 0.4) is 0 Å². The first-order chi connectivity index (χ1) is 8.74. The Morgan fingerprint density at radius 1 is 1.11 bits per heavy atom. The maximum atomic E-state index is 5.59. The molecule has 1 nitrogen and oxygen atoms in total. The molecule has 0 aliphatic rings. The van der Waals surface area contributed by atoms with Crippen molar-refractivity contribution in [1.29, 1.82) is 0 Å². The second kappa shape index (κ2) is 8.93. The summed E-state index contributed by atoms with van der Waals surface area (Å²) in [5.41, 5.74) is 3.92. The Morgan fingerprint density at radius 2 is 1.94 bits per heavy atom. The molecule has 18 heavy (non-hydrogen) atoms. The molecule has 0 N–H and O–H groups in total. The highest BCUT2D eigenvalue weighted by atomic mass is 16.5. The van der Waals surface area contributed by atoms with Crippen LogP contribution < -0.4 is 0 Å². The van der Waals surface area contributed by atoms with E-state index in [1.165, 1.54) is 42.4 Å². The Bertz CT molecular complexity index is 366. The van der Waals surface area contributed by atoms with Gasteiger partial charge in [-0.15, -0.1) is 0 Å². The molecular weight excluding hydrogens is 220 g/mol. The van der Waals surface area contributed by atoms with Crippen molar-refractivity contribution in [3.8, 4) is 0 Å². The van der Waals surface area contributed by atoms with Crippen molar-refractivity contribution in [2.45, 2.75) is 46.5 Å². The summed E-state index contributed by atoms with van der Waals surface area (Å²) in [5, 5.41) is 0. The molecule has 0 unspecified atom stereocenters. The first kappa shape index (κ1) is 15.0. The number of benzene rings is 1. The Hall–Kier alpha value is -1.08. The fraction of sp³-hybridized carbons (Fsp3) is 0.529. The monoisotopic (exact) mass is 246 g/mol. The fourth-order valence-corrected chi connectivity index (χ4v) is 1.90. The first-order valence-corrected chi connectivity index (χ1v) is 7.05. The number of hydrogen-bond acceptors (Lipinski definition) is 1. The van der Waals surface area contributed by atoms with Gasteiger partial charge in [-0.1, -0.05) is 62.1 Å². The molecule has 0 bridgehead atoms. The van der Waals surface area contributed by atoms with E-state index in [-0.39, 0.29) is 0 Å².